The van der Waals surface area contributed by atoms with Gasteiger partial charge in [0, 0.05) is 18.8 Å². The zero-order valence-electron chi connectivity index (χ0n) is 18.0. The lowest BCUT2D eigenvalue weighted by molar-refractivity contribution is -0.126. The standard InChI is InChI=1S/C23H35N3O3/c1-16-9-10-21(17(2)15-16)24-23(28)25-22(27)18(3)26-13-11-20(12-14-26)29-19-7-5-4-6-8-19/h9-10,15,18-20H,4-8,11-14H2,1-3H3,(H2,24,25,27,28). The monoisotopic (exact) mass is 401 g/mol. The van der Waals surface area contributed by atoms with E-state index in [0.29, 0.717) is 17.9 Å². The van der Waals surface area contributed by atoms with Gasteiger partial charge in [-0.25, -0.2) is 4.79 Å². The number of nitrogens with one attached hydrogen (secondary N) is 2. The van der Waals surface area contributed by atoms with Crippen LogP contribution >= 0.6 is 0 Å². The molecule has 1 unspecified atom stereocenters. The maximum absolute atomic E-state index is 12.5. The summed E-state index contributed by atoms with van der Waals surface area (Å²) < 4.78 is 6.28. The van der Waals surface area contributed by atoms with Crippen molar-refractivity contribution in [3.63, 3.8) is 0 Å². The summed E-state index contributed by atoms with van der Waals surface area (Å²) in [5.41, 5.74) is 2.82. The van der Waals surface area contributed by atoms with Crippen LogP contribution in [-0.4, -0.2) is 48.2 Å². The zero-order chi connectivity index (χ0) is 20.8. The van der Waals surface area contributed by atoms with E-state index < -0.39 is 6.03 Å². The van der Waals surface area contributed by atoms with Gasteiger partial charge < -0.3 is 10.1 Å². The molecule has 1 aliphatic carbocycles. The number of rotatable bonds is 5. The molecule has 1 aliphatic heterocycles. The minimum atomic E-state index is -0.482. The Kier molecular flexibility index (Phi) is 7.67. The van der Waals surface area contributed by atoms with Crippen molar-refractivity contribution >= 4 is 17.6 Å². The molecule has 6 heteroatoms. The van der Waals surface area contributed by atoms with Crippen molar-refractivity contribution in [2.24, 2.45) is 0 Å². The third-order valence-electron chi connectivity index (χ3n) is 6.21. The van der Waals surface area contributed by atoms with E-state index in [1.165, 1.54) is 32.1 Å². The van der Waals surface area contributed by atoms with Crippen LogP contribution in [0.5, 0.6) is 0 Å². The first-order valence-corrected chi connectivity index (χ1v) is 11.0. The average molecular weight is 402 g/mol. The highest BCUT2D eigenvalue weighted by atomic mass is 16.5. The van der Waals surface area contributed by atoms with Crippen molar-refractivity contribution in [1.82, 2.24) is 10.2 Å². The Hall–Kier alpha value is -1.92. The van der Waals surface area contributed by atoms with Gasteiger partial charge in [-0.1, -0.05) is 37.0 Å². The molecule has 0 bridgehead atoms. The summed E-state index contributed by atoms with van der Waals surface area (Å²) >= 11 is 0. The fourth-order valence-corrected chi connectivity index (χ4v) is 4.36. The van der Waals surface area contributed by atoms with Crippen LogP contribution < -0.4 is 10.6 Å². The largest absolute Gasteiger partial charge is 0.375 e. The summed E-state index contributed by atoms with van der Waals surface area (Å²) in [4.78, 5) is 26.9. The van der Waals surface area contributed by atoms with Gasteiger partial charge in [-0.05, 0) is 58.1 Å². The van der Waals surface area contributed by atoms with E-state index in [9.17, 15) is 9.59 Å². The summed E-state index contributed by atoms with van der Waals surface area (Å²) in [6.45, 7) is 7.45. The third-order valence-corrected chi connectivity index (χ3v) is 6.21. The maximum atomic E-state index is 12.5. The topological polar surface area (TPSA) is 70.7 Å². The molecular weight excluding hydrogens is 366 g/mol. The second-order valence-electron chi connectivity index (χ2n) is 8.57. The Morgan fingerprint density at radius 2 is 1.69 bits per heavy atom. The van der Waals surface area contributed by atoms with Crippen LogP contribution in [0.15, 0.2) is 18.2 Å². The summed E-state index contributed by atoms with van der Waals surface area (Å²) in [5, 5.41) is 5.25. The van der Waals surface area contributed by atoms with Gasteiger partial charge in [0.25, 0.3) is 0 Å². The van der Waals surface area contributed by atoms with E-state index in [0.717, 1.165) is 37.1 Å². The molecule has 6 nitrogen and oxygen atoms in total. The van der Waals surface area contributed by atoms with Crippen molar-refractivity contribution in [3.05, 3.63) is 29.3 Å². The molecule has 1 atom stereocenters. The molecule has 1 saturated carbocycles. The van der Waals surface area contributed by atoms with Crippen molar-refractivity contribution in [1.29, 1.82) is 0 Å². The Bertz CT molecular complexity index is 707. The van der Waals surface area contributed by atoms with Crippen LogP contribution in [-0.2, 0) is 9.53 Å². The lowest BCUT2D eigenvalue weighted by atomic mass is 9.97. The van der Waals surface area contributed by atoms with E-state index in [1.54, 1.807) is 0 Å². The second-order valence-corrected chi connectivity index (χ2v) is 8.57. The van der Waals surface area contributed by atoms with E-state index in [1.807, 2.05) is 39.0 Å². The lowest BCUT2D eigenvalue weighted by Gasteiger charge is -2.37. The van der Waals surface area contributed by atoms with Gasteiger partial charge in [-0.3, -0.25) is 15.0 Å². The molecule has 0 spiro atoms. The number of amides is 3. The summed E-state index contributed by atoms with van der Waals surface area (Å²) in [5.74, 6) is -0.265. The highest BCUT2D eigenvalue weighted by Crippen LogP contribution is 2.25. The van der Waals surface area contributed by atoms with E-state index in [-0.39, 0.29) is 11.9 Å². The Morgan fingerprint density at radius 1 is 1.03 bits per heavy atom. The maximum Gasteiger partial charge on any atom is 0.325 e. The first kappa shape index (κ1) is 21.8. The molecule has 0 radical (unpaired) electrons. The van der Waals surface area contributed by atoms with Crippen molar-refractivity contribution < 1.29 is 14.3 Å². The number of piperidine rings is 1. The van der Waals surface area contributed by atoms with Crippen LogP contribution in [0.1, 0.15) is 63.0 Å². The van der Waals surface area contributed by atoms with Crippen LogP contribution in [0.2, 0.25) is 0 Å². The number of anilines is 1. The molecule has 1 aromatic rings. The number of nitrogens with zero attached hydrogens (tertiary/aromatic N) is 1. The molecule has 1 saturated heterocycles. The number of likely N-dealkylation sites (tertiary alicyclic amines) is 1. The molecule has 3 rings (SSSR count). The van der Waals surface area contributed by atoms with Crippen molar-refractivity contribution in [3.8, 4) is 0 Å². The second kappa shape index (κ2) is 10.2. The van der Waals surface area contributed by atoms with Gasteiger partial charge in [0.15, 0.2) is 0 Å². The molecule has 160 valence electrons. The normalized spacial score (nSPS) is 20.2. The van der Waals surface area contributed by atoms with Crippen LogP contribution in [0, 0.1) is 13.8 Å². The molecular formula is C23H35N3O3. The third kappa shape index (κ3) is 6.28. The molecule has 3 amide bonds. The number of carbonyl (C=O) groups excluding carboxylic acids is 2. The smallest absolute Gasteiger partial charge is 0.325 e. The van der Waals surface area contributed by atoms with Crippen LogP contribution in [0.4, 0.5) is 10.5 Å². The quantitative estimate of drug-likeness (QED) is 0.777. The van der Waals surface area contributed by atoms with Gasteiger partial charge in [-0.15, -0.1) is 0 Å². The molecule has 2 N–H and O–H groups in total. The van der Waals surface area contributed by atoms with E-state index >= 15 is 0 Å². The first-order chi connectivity index (χ1) is 13.9. The Morgan fingerprint density at radius 3 is 2.34 bits per heavy atom. The van der Waals surface area contributed by atoms with E-state index in [4.69, 9.17) is 4.74 Å². The summed E-state index contributed by atoms with van der Waals surface area (Å²) in [6.07, 6.45) is 8.90. The van der Waals surface area contributed by atoms with Crippen molar-refractivity contribution in [2.75, 3.05) is 18.4 Å². The molecule has 0 aromatic heterocycles. The zero-order valence-corrected chi connectivity index (χ0v) is 18.0. The number of ether oxygens (including phenoxy) is 1. The number of benzene rings is 1. The average Bonchev–Trinajstić information content (AvgIpc) is 2.71. The number of imide groups is 1. The number of aryl methyl sites for hydroxylation is 2. The predicted octanol–water partition coefficient (Wildman–Crippen LogP) is 4.15. The minimum absolute atomic E-state index is 0.265. The first-order valence-electron chi connectivity index (χ1n) is 11.0. The Labute approximate surface area is 174 Å². The van der Waals surface area contributed by atoms with Crippen LogP contribution in [0.3, 0.4) is 0 Å². The molecule has 1 heterocycles. The number of hydrogen-bond acceptors (Lipinski definition) is 4. The van der Waals surface area contributed by atoms with E-state index in [2.05, 4.69) is 15.5 Å². The lowest BCUT2D eigenvalue weighted by Crippen LogP contribution is -2.51. The fraction of sp³-hybridized carbons (Fsp3) is 0.652. The summed E-state index contributed by atoms with van der Waals surface area (Å²) in [7, 11) is 0. The van der Waals surface area contributed by atoms with Gasteiger partial charge >= 0.3 is 6.03 Å². The van der Waals surface area contributed by atoms with Gasteiger partial charge in [0.2, 0.25) is 5.91 Å². The van der Waals surface area contributed by atoms with Gasteiger partial charge in [-0.2, -0.15) is 0 Å². The summed E-state index contributed by atoms with van der Waals surface area (Å²) in [6, 6.07) is 4.97. The molecule has 2 aliphatic rings. The number of hydrogen-bond donors (Lipinski definition) is 2. The highest BCUT2D eigenvalue weighted by molar-refractivity contribution is 6.03. The van der Waals surface area contributed by atoms with Crippen molar-refractivity contribution in [2.45, 2.75) is 84.0 Å². The van der Waals surface area contributed by atoms with Gasteiger partial charge in [0.05, 0.1) is 18.2 Å². The molecule has 2 fully saturated rings. The fourth-order valence-electron chi connectivity index (χ4n) is 4.36. The number of urea groups is 1. The van der Waals surface area contributed by atoms with Gasteiger partial charge in [0.1, 0.15) is 0 Å². The Balaban J connectivity index is 1.42. The predicted molar refractivity (Wildman–Crippen MR) is 115 cm³/mol. The SMILES string of the molecule is Cc1ccc(NC(=O)NC(=O)C(C)N2CCC(OC3CCCCC3)CC2)c(C)c1. The number of carbonyl (C=O) groups is 2. The minimum Gasteiger partial charge on any atom is -0.375 e. The highest BCUT2D eigenvalue weighted by Gasteiger charge is 2.29. The molecule has 1 aromatic carbocycles. The molecule has 29 heavy (non-hydrogen) atoms. The van der Waals surface area contributed by atoms with Crippen LogP contribution in [0.25, 0.3) is 0 Å².